The largest absolute Gasteiger partial charge is 0.477 e. The van der Waals surface area contributed by atoms with Gasteiger partial charge in [-0.1, -0.05) is 30.3 Å². The third-order valence-corrected chi connectivity index (χ3v) is 2.30. The Balaban J connectivity index is 2.46. The van der Waals surface area contributed by atoms with Crippen molar-refractivity contribution in [2.24, 2.45) is 0 Å². The molecular formula is C13H12N2O3. The summed E-state index contributed by atoms with van der Waals surface area (Å²) in [5.74, 6) is -0.555. The minimum absolute atomic E-state index is 0.0310. The van der Waals surface area contributed by atoms with E-state index in [0.29, 0.717) is 12.4 Å². The number of nitrogens with zero attached hydrogens (tertiary/aromatic N) is 2. The molecule has 92 valence electrons. The molecule has 0 aliphatic heterocycles. The van der Waals surface area contributed by atoms with Crippen molar-refractivity contribution in [3.63, 3.8) is 0 Å². The quantitative estimate of drug-likeness (QED) is 0.892. The number of carboxylic acid groups (broad SMARTS) is 1. The van der Waals surface area contributed by atoms with E-state index in [4.69, 9.17) is 9.84 Å². The van der Waals surface area contributed by atoms with Crippen LogP contribution < -0.4 is 4.74 Å². The monoisotopic (exact) mass is 244 g/mol. The molecule has 0 atom stereocenters. The SMILES string of the molecule is CCOc1nc(-c2ccccc2)ncc1C(=O)O. The number of hydrogen-bond acceptors (Lipinski definition) is 4. The molecule has 0 radical (unpaired) electrons. The van der Waals surface area contributed by atoms with Gasteiger partial charge in [-0.2, -0.15) is 4.98 Å². The lowest BCUT2D eigenvalue weighted by molar-refractivity contribution is 0.0691. The fourth-order valence-electron chi connectivity index (χ4n) is 1.49. The zero-order valence-electron chi connectivity index (χ0n) is 9.83. The lowest BCUT2D eigenvalue weighted by atomic mass is 10.2. The van der Waals surface area contributed by atoms with Crippen molar-refractivity contribution in [1.29, 1.82) is 0 Å². The van der Waals surface area contributed by atoms with Crippen LogP contribution in [0, 0.1) is 0 Å². The standard InChI is InChI=1S/C13H12N2O3/c1-2-18-12-10(13(16)17)8-14-11(15-12)9-6-4-3-5-7-9/h3-8H,2H2,1H3,(H,16,17). The van der Waals surface area contributed by atoms with Crippen LogP contribution in [0.15, 0.2) is 36.5 Å². The van der Waals surface area contributed by atoms with Crippen LogP contribution in [0.2, 0.25) is 0 Å². The summed E-state index contributed by atoms with van der Waals surface area (Å²) in [5.41, 5.74) is 0.784. The van der Waals surface area contributed by atoms with Gasteiger partial charge in [0.2, 0.25) is 5.88 Å². The Hall–Kier alpha value is -2.43. The van der Waals surface area contributed by atoms with Gasteiger partial charge in [0, 0.05) is 11.8 Å². The van der Waals surface area contributed by atoms with Gasteiger partial charge in [0.25, 0.3) is 0 Å². The summed E-state index contributed by atoms with van der Waals surface area (Å²) in [5, 5.41) is 8.99. The molecule has 0 saturated carbocycles. The highest BCUT2D eigenvalue weighted by Crippen LogP contribution is 2.20. The first kappa shape index (κ1) is 12.0. The minimum Gasteiger partial charge on any atom is -0.477 e. The molecule has 18 heavy (non-hydrogen) atoms. The second-order valence-corrected chi connectivity index (χ2v) is 3.52. The summed E-state index contributed by atoms with van der Waals surface area (Å²) in [4.78, 5) is 19.2. The van der Waals surface area contributed by atoms with Gasteiger partial charge < -0.3 is 9.84 Å². The maximum absolute atomic E-state index is 11.0. The molecule has 0 spiro atoms. The molecular weight excluding hydrogens is 232 g/mol. The summed E-state index contributed by atoms with van der Waals surface area (Å²) in [6.45, 7) is 2.13. The van der Waals surface area contributed by atoms with E-state index >= 15 is 0 Å². The predicted octanol–water partition coefficient (Wildman–Crippen LogP) is 2.24. The van der Waals surface area contributed by atoms with Crippen LogP contribution in [-0.2, 0) is 0 Å². The van der Waals surface area contributed by atoms with E-state index in [-0.39, 0.29) is 11.4 Å². The topological polar surface area (TPSA) is 72.3 Å². The van der Waals surface area contributed by atoms with E-state index < -0.39 is 5.97 Å². The van der Waals surface area contributed by atoms with Gasteiger partial charge in [0.05, 0.1) is 6.61 Å². The summed E-state index contributed by atoms with van der Waals surface area (Å²) >= 11 is 0. The zero-order valence-corrected chi connectivity index (χ0v) is 9.83. The van der Waals surface area contributed by atoms with Gasteiger partial charge in [-0.05, 0) is 6.92 Å². The first-order chi connectivity index (χ1) is 8.72. The second-order valence-electron chi connectivity index (χ2n) is 3.52. The maximum atomic E-state index is 11.0. The van der Waals surface area contributed by atoms with Crippen molar-refractivity contribution in [2.45, 2.75) is 6.92 Å². The Kier molecular flexibility index (Phi) is 3.52. The highest BCUT2D eigenvalue weighted by atomic mass is 16.5. The number of ether oxygens (including phenoxy) is 1. The molecule has 1 N–H and O–H groups in total. The van der Waals surface area contributed by atoms with E-state index in [2.05, 4.69) is 9.97 Å². The van der Waals surface area contributed by atoms with Crippen LogP contribution >= 0.6 is 0 Å². The lowest BCUT2D eigenvalue weighted by Gasteiger charge is -2.07. The van der Waals surface area contributed by atoms with Crippen LogP contribution in [0.1, 0.15) is 17.3 Å². The van der Waals surface area contributed by atoms with Crippen molar-refractivity contribution in [2.75, 3.05) is 6.61 Å². The number of carbonyl (C=O) groups is 1. The molecule has 5 heteroatoms. The highest BCUT2D eigenvalue weighted by Gasteiger charge is 2.15. The molecule has 2 aromatic rings. The number of aromatic carboxylic acids is 1. The van der Waals surface area contributed by atoms with Crippen molar-refractivity contribution in [3.05, 3.63) is 42.1 Å². The van der Waals surface area contributed by atoms with Crippen LogP contribution in [0.25, 0.3) is 11.4 Å². The zero-order chi connectivity index (χ0) is 13.0. The maximum Gasteiger partial charge on any atom is 0.342 e. The third kappa shape index (κ3) is 2.45. The average Bonchev–Trinajstić information content (AvgIpc) is 2.40. The number of benzene rings is 1. The van der Waals surface area contributed by atoms with Gasteiger partial charge in [0.15, 0.2) is 5.82 Å². The smallest absolute Gasteiger partial charge is 0.342 e. The molecule has 5 nitrogen and oxygen atoms in total. The molecule has 0 bridgehead atoms. The first-order valence-corrected chi connectivity index (χ1v) is 5.51. The Morgan fingerprint density at radius 1 is 1.33 bits per heavy atom. The predicted molar refractivity (Wildman–Crippen MR) is 65.6 cm³/mol. The molecule has 2 rings (SSSR count). The Morgan fingerprint density at radius 3 is 2.67 bits per heavy atom. The number of aromatic nitrogens is 2. The molecule has 0 saturated heterocycles. The molecule has 0 aliphatic rings. The molecule has 0 aliphatic carbocycles. The van der Waals surface area contributed by atoms with Crippen molar-refractivity contribution < 1.29 is 14.6 Å². The van der Waals surface area contributed by atoms with Crippen LogP contribution in [0.3, 0.4) is 0 Å². The fraction of sp³-hybridized carbons (Fsp3) is 0.154. The lowest BCUT2D eigenvalue weighted by Crippen LogP contribution is -2.06. The van der Waals surface area contributed by atoms with E-state index in [9.17, 15) is 4.79 Å². The van der Waals surface area contributed by atoms with E-state index in [1.165, 1.54) is 6.20 Å². The Labute approximate surface area is 104 Å². The number of rotatable bonds is 4. The first-order valence-electron chi connectivity index (χ1n) is 5.51. The van der Waals surface area contributed by atoms with Gasteiger partial charge in [-0.25, -0.2) is 9.78 Å². The molecule has 1 heterocycles. The van der Waals surface area contributed by atoms with Crippen LogP contribution in [0.4, 0.5) is 0 Å². The average molecular weight is 244 g/mol. The second kappa shape index (κ2) is 5.27. The summed E-state index contributed by atoms with van der Waals surface area (Å²) < 4.78 is 5.23. The Bertz CT molecular complexity index is 555. The van der Waals surface area contributed by atoms with Gasteiger partial charge in [-0.15, -0.1) is 0 Å². The summed E-state index contributed by atoms with van der Waals surface area (Å²) in [7, 11) is 0. The van der Waals surface area contributed by atoms with Gasteiger partial charge >= 0.3 is 5.97 Å². The molecule has 1 aromatic carbocycles. The van der Waals surface area contributed by atoms with E-state index in [0.717, 1.165) is 5.56 Å². The fourth-order valence-corrected chi connectivity index (χ4v) is 1.49. The highest BCUT2D eigenvalue weighted by molar-refractivity contribution is 5.90. The van der Waals surface area contributed by atoms with E-state index in [1.807, 2.05) is 30.3 Å². The van der Waals surface area contributed by atoms with Crippen molar-refractivity contribution in [3.8, 4) is 17.3 Å². The molecule has 0 fully saturated rings. The molecule has 0 unspecified atom stereocenters. The van der Waals surface area contributed by atoms with Gasteiger partial charge in [0.1, 0.15) is 5.56 Å². The van der Waals surface area contributed by atoms with Crippen molar-refractivity contribution in [1.82, 2.24) is 9.97 Å². The normalized spacial score (nSPS) is 10.1. The summed E-state index contributed by atoms with van der Waals surface area (Å²) in [6.07, 6.45) is 1.27. The van der Waals surface area contributed by atoms with Crippen molar-refractivity contribution >= 4 is 5.97 Å². The molecule has 0 amide bonds. The minimum atomic E-state index is -1.10. The number of carboxylic acids is 1. The van der Waals surface area contributed by atoms with Crippen LogP contribution in [-0.4, -0.2) is 27.7 Å². The van der Waals surface area contributed by atoms with Gasteiger partial charge in [-0.3, -0.25) is 0 Å². The molecule has 1 aromatic heterocycles. The van der Waals surface area contributed by atoms with E-state index in [1.54, 1.807) is 6.92 Å². The third-order valence-electron chi connectivity index (χ3n) is 2.30. The summed E-state index contributed by atoms with van der Waals surface area (Å²) in [6, 6.07) is 9.32. The van der Waals surface area contributed by atoms with Crippen LogP contribution in [0.5, 0.6) is 5.88 Å². The Morgan fingerprint density at radius 2 is 2.06 bits per heavy atom. The number of hydrogen-bond donors (Lipinski definition) is 1.